The van der Waals surface area contributed by atoms with Gasteiger partial charge >= 0.3 is 5.97 Å². The summed E-state index contributed by atoms with van der Waals surface area (Å²) >= 11 is 0. The molecule has 8 heteroatoms. The fraction of sp³-hybridized carbons (Fsp3) is 0.316. The number of furan rings is 1. The maximum atomic E-state index is 12.4. The predicted molar refractivity (Wildman–Crippen MR) is 101 cm³/mol. The highest BCUT2D eigenvalue weighted by Gasteiger charge is 2.28. The summed E-state index contributed by atoms with van der Waals surface area (Å²) in [7, 11) is 0. The van der Waals surface area contributed by atoms with Crippen molar-refractivity contribution in [1.29, 1.82) is 0 Å². The lowest BCUT2D eigenvalue weighted by Gasteiger charge is -2.16. The highest BCUT2D eigenvalue weighted by molar-refractivity contribution is 6.21. The third-order valence-electron chi connectivity index (χ3n) is 4.46. The molecule has 0 aliphatic carbocycles. The van der Waals surface area contributed by atoms with Crippen LogP contribution < -0.4 is 5.43 Å². The van der Waals surface area contributed by atoms with Gasteiger partial charge in [0, 0.05) is 36.6 Å². The van der Waals surface area contributed by atoms with Crippen LogP contribution >= 0.6 is 0 Å². The Morgan fingerprint density at radius 3 is 3.04 bits per heavy atom. The third kappa shape index (κ3) is 3.31. The van der Waals surface area contributed by atoms with Gasteiger partial charge in [-0.1, -0.05) is 0 Å². The van der Waals surface area contributed by atoms with E-state index in [0.717, 1.165) is 37.1 Å². The number of carbonyl (C=O) groups is 1. The lowest BCUT2D eigenvalue weighted by molar-refractivity contribution is 0.0523. The van der Waals surface area contributed by atoms with Crippen LogP contribution in [0.25, 0.3) is 11.6 Å². The molecule has 140 valence electrons. The number of hydrogen-bond acceptors (Lipinski definition) is 8. The van der Waals surface area contributed by atoms with Crippen molar-refractivity contribution in [3.8, 4) is 5.75 Å². The van der Waals surface area contributed by atoms with Crippen LogP contribution in [0.3, 0.4) is 0 Å². The number of allylic oxidation sites excluding steroid dienone is 1. The van der Waals surface area contributed by atoms with Gasteiger partial charge in [0.1, 0.15) is 0 Å². The molecule has 2 N–H and O–H groups in total. The van der Waals surface area contributed by atoms with Gasteiger partial charge in [0.25, 0.3) is 0 Å². The van der Waals surface area contributed by atoms with Crippen molar-refractivity contribution in [2.45, 2.75) is 19.8 Å². The Labute approximate surface area is 156 Å². The van der Waals surface area contributed by atoms with E-state index >= 15 is 0 Å². The van der Waals surface area contributed by atoms with Gasteiger partial charge in [0.2, 0.25) is 5.88 Å². The van der Waals surface area contributed by atoms with Crippen LogP contribution in [0, 0.1) is 0 Å². The van der Waals surface area contributed by atoms with Crippen molar-refractivity contribution < 1.29 is 19.1 Å². The van der Waals surface area contributed by atoms with E-state index in [4.69, 9.17) is 9.15 Å². The number of nitrogens with one attached hydrogen (secondary N) is 1. The SMILES string of the molecule is CCOC(=O)c1c(NN2CCCC2)oc(/C=C2\C=Nc3ncccc32)c1O. The number of nitrogens with zero attached hydrogens (tertiary/aromatic N) is 3. The van der Waals surface area contributed by atoms with E-state index in [-0.39, 0.29) is 29.6 Å². The first-order valence-corrected chi connectivity index (χ1v) is 8.93. The summed E-state index contributed by atoms with van der Waals surface area (Å²) in [5.74, 6) is 0.0652. The predicted octanol–water partition coefficient (Wildman–Crippen LogP) is 3.24. The molecule has 0 aromatic carbocycles. The van der Waals surface area contributed by atoms with Crippen molar-refractivity contribution in [2.24, 2.45) is 4.99 Å². The zero-order valence-corrected chi connectivity index (χ0v) is 14.9. The number of aromatic nitrogens is 1. The maximum Gasteiger partial charge on any atom is 0.347 e. The van der Waals surface area contributed by atoms with Gasteiger partial charge in [-0.25, -0.2) is 19.8 Å². The summed E-state index contributed by atoms with van der Waals surface area (Å²) in [6, 6.07) is 3.70. The molecule has 4 heterocycles. The molecule has 0 spiro atoms. The van der Waals surface area contributed by atoms with E-state index in [1.807, 2.05) is 17.1 Å². The van der Waals surface area contributed by atoms with Crippen LogP contribution in [0.15, 0.2) is 27.7 Å². The van der Waals surface area contributed by atoms with E-state index in [1.54, 1.807) is 25.4 Å². The highest BCUT2D eigenvalue weighted by atomic mass is 16.5. The van der Waals surface area contributed by atoms with Gasteiger partial charge in [-0.15, -0.1) is 0 Å². The zero-order chi connectivity index (χ0) is 18.8. The summed E-state index contributed by atoms with van der Waals surface area (Å²) in [5.41, 5.74) is 4.66. The lowest BCUT2D eigenvalue weighted by Crippen LogP contribution is -2.26. The number of aliphatic imine (C=N–C) groups is 1. The largest absolute Gasteiger partial charge is 0.504 e. The zero-order valence-electron chi connectivity index (χ0n) is 14.9. The summed E-state index contributed by atoms with van der Waals surface area (Å²) in [6.45, 7) is 3.59. The Kier molecular flexibility index (Phi) is 4.64. The summed E-state index contributed by atoms with van der Waals surface area (Å²) < 4.78 is 10.9. The smallest absolute Gasteiger partial charge is 0.347 e. The number of ether oxygens (including phenoxy) is 1. The molecule has 1 saturated heterocycles. The quantitative estimate of drug-likeness (QED) is 0.782. The second-order valence-electron chi connectivity index (χ2n) is 6.28. The Bertz CT molecular complexity index is 926. The molecule has 4 rings (SSSR count). The number of fused-ring (bicyclic) bond motifs is 1. The van der Waals surface area contributed by atoms with Crippen LogP contribution in [-0.4, -0.2) is 47.0 Å². The molecule has 27 heavy (non-hydrogen) atoms. The molecule has 0 bridgehead atoms. The van der Waals surface area contributed by atoms with E-state index in [0.29, 0.717) is 5.82 Å². The molecule has 0 atom stereocenters. The average Bonchev–Trinajstić information content (AvgIpc) is 3.37. The number of pyridine rings is 1. The van der Waals surface area contributed by atoms with E-state index in [2.05, 4.69) is 15.4 Å². The third-order valence-corrected chi connectivity index (χ3v) is 4.46. The number of hydrazine groups is 1. The van der Waals surface area contributed by atoms with Gasteiger partial charge in [-0.05, 0) is 38.0 Å². The average molecular weight is 368 g/mol. The monoisotopic (exact) mass is 368 g/mol. The minimum atomic E-state index is -0.632. The van der Waals surface area contributed by atoms with Crippen molar-refractivity contribution in [3.05, 3.63) is 35.2 Å². The van der Waals surface area contributed by atoms with Crippen LogP contribution in [-0.2, 0) is 4.74 Å². The van der Waals surface area contributed by atoms with Crippen molar-refractivity contribution >= 4 is 35.5 Å². The summed E-state index contributed by atoms with van der Waals surface area (Å²) in [4.78, 5) is 20.8. The Balaban J connectivity index is 1.72. The fourth-order valence-electron chi connectivity index (χ4n) is 3.16. The number of hydrogen-bond donors (Lipinski definition) is 2. The maximum absolute atomic E-state index is 12.4. The first kappa shape index (κ1) is 17.3. The standard InChI is InChI=1S/C19H20N4O4/c1-2-26-19(25)15-16(24)14(27-18(15)22-23-8-3-4-9-23)10-12-11-21-17-13(12)6-5-7-20-17/h5-7,10-11,22,24H,2-4,8-9H2,1H3/b12-10+. The second kappa shape index (κ2) is 7.24. The topological polar surface area (TPSA) is 100 Å². The van der Waals surface area contributed by atoms with Gasteiger partial charge in [0.05, 0.1) is 6.61 Å². The van der Waals surface area contributed by atoms with Crippen molar-refractivity contribution in [2.75, 3.05) is 25.1 Å². The molecule has 0 unspecified atom stereocenters. The lowest BCUT2D eigenvalue weighted by atomic mass is 10.1. The van der Waals surface area contributed by atoms with Crippen LogP contribution in [0.1, 0.15) is 41.4 Å². The molecule has 2 aliphatic rings. The molecular weight excluding hydrogens is 348 g/mol. The molecule has 0 saturated carbocycles. The van der Waals surface area contributed by atoms with Gasteiger partial charge in [-0.2, -0.15) is 0 Å². The van der Waals surface area contributed by atoms with Gasteiger partial charge < -0.3 is 14.3 Å². The van der Waals surface area contributed by atoms with E-state index in [9.17, 15) is 9.90 Å². The summed E-state index contributed by atoms with van der Waals surface area (Å²) in [5, 5.41) is 12.6. The Morgan fingerprint density at radius 1 is 1.44 bits per heavy atom. The van der Waals surface area contributed by atoms with Crippen LogP contribution in [0.2, 0.25) is 0 Å². The summed E-state index contributed by atoms with van der Waals surface area (Å²) in [6.07, 6.45) is 7.08. The van der Waals surface area contributed by atoms with Gasteiger partial charge in [-0.3, -0.25) is 5.43 Å². The molecule has 8 nitrogen and oxygen atoms in total. The normalized spacial score (nSPS) is 17.4. The van der Waals surface area contributed by atoms with Crippen LogP contribution in [0.5, 0.6) is 5.75 Å². The fourth-order valence-corrected chi connectivity index (χ4v) is 3.16. The number of carbonyl (C=O) groups excluding carboxylic acids is 1. The molecule has 0 amide bonds. The van der Waals surface area contributed by atoms with E-state index < -0.39 is 5.97 Å². The first-order chi connectivity index (χ1) is 13.2. The molecular formula is C19H20N4O4. The van der Waals surface area contributed by atoms with E-state index in [1.165, 1.54) is 0 Å². The molecule has 1 fully saturated rings. The molecule has 2 aromatic heterocycles. The number of aromatic hydroxyl groups is 1. The highest BCUT2D eigenvalue weighted by Crippen LogP contribution is 2.38. The Hall–Kier alpha value is -3.13. The number of anilines is 1. The minimum absolute atomic E-state index is 0.00283. The van der Waals surface area contributed by atoms with Crippen molar-refractivity contribution in [3.63, 3.8) is 0 Å². The van der Waals surface area contributed by atoms with Crippen LogP contribution in [0.4, 0.5) is 11.7 Å². The Morgan fingerprint density at radius 2 is 2.26 bits per heavy atom. The molecule has 0 radical (unpaired) electrons. The molecule has 2 aliphatic heterocycles. The molecule has 2 aromatic rings. The number of esters is 1. The number of rotatable bonds is 5. The van der Waals surface area contributed by atoms with Crippen molar-refractivity contribution in [1.82, 2.24) is 9.99 Å². The van der Waals surface area contributed by atoms with Gasteiger partial charge in [0.15, 0.2) is 22.9 Å². The first-order valence-electron chi connectivity index (χ1n) is 8.93. The second-order valence-corrected chi connectivity index (χ2v) is 6.28. The minimum Gasteiger partial charge on any atom is -0.504 e.